The van der Waals surface area contributed by atoms with Gasteiger partial charge < -0.3 is 18.9 Å². The van der Waals surface area contributed by atoms with Gasteiger partial charge in [0.1, 0.15) is 35.2 Å². The maximum Gasteiger partial charge on any atom is 0.357 e. The molecule has 36 heavy (non-hydrogen) atoms. The van der Waals surface area contributed by atoms with Gasteiger partial charge in [-0.3, -0.25) is 0 Å². The van der Waals surface area contributed by atoms with Crippen LogP contribution >= 0.6 is 0 Å². The van der Waals surface area contributed by atoms with Gasteiger partial charge in [0.25, 0.3) is 0 Å². The summed E-state index contributed by atoms with van der Waals surface area (Å²) in [5.41, 5.74) is 1.84. The predicted molar refractivity (Wildman–Crippen MR) is 129 cm³/mol. The van der Waals surface area contributed by atoms with Crippen molar-refractivity contribution in [2.24, 2.45) is 0 Å². The van der Waals surface area contributed by atoms with Crippen molar-refractivity contribution >= 4 is 11.9 Å². The first-order chi connectivity index (χ1) is 17.5. The summed E-state index contributed by atoms with van der Waals surface area (Å²) in [6.45, 7) is 0.0967. The molecule has 0 aliphatic rings. The lowest BCUT2D eigenvalue weighted by Gasteiger charge is -2.12. The number of rotatable bonds is 8. The van der Waals surface area contributed by atoms with Crippen molar-refractivity contribution in [3.63, 3.8) is 0 Å². The highest BCUT2D eigenvalue weighted by atomic mass is 19.1. The highest BCUT2D eigenvalue weighted by molar-refractivity contribution is 6.06. The molecule has 8 nitrogen and oxygen atoms in total. The number of para-hydroxylation sites is 1. The fourth-order valence-electron chi connectivity index (χ4n) is 3.69. The van der Waals surface area contributed by atoms with Gasteiger partial charge in [0.15, 0.2) is 5.69 Å². The second-order valence-electron chi connectivity index (χ2n) is 7.57. The van der Waals surface area contributed by atoms with Gasteiger partial charge in [0.2, 0.25) is 0 Å². The van der Waals surface area contributed by atoms with Crippen LogP contribution in [0.3, 0.4) is 0 Å². The molecule has 4 rings (SSSR count). The van der Waals surface area contributed by atoms with Crippen LogP contribution in [0.15, 0.2) is 72.8 Å². The normalized spacial score (nSPS) is 10.6. The first-order valence-corrected chi connectivity index (χ1v) is 10.9. The van der Waals surface area contributed by atoms with Crippen molar-refractivity contribution in [1.29, 1.82) is 0 Å². The summed E-state index contributed by atoms with van der Waals surface area (Å²) in [5.74, 6) is -0.844. The van der Waals surface area contributed by atoms with E-state index in [1.165, 1.54) is 50.3 Å². The van der Waals surface area contributed by atoms with Gasteiger partial charge in [0, 0.05) is 11.1 Å². The second kappa shape index (κ2) is 10.7. The van der Waals surface area contributed by atoms with Crippen LogP contribution in [0.1, 0.15) is 26.4 Å². The molecule has 0 saturated heterocycles. The van der Waals surface area contributed by atoms with Crippen LogP contribution in [0.25, 0.3) is 16.9 Å². The van der Waals surface area contributed by atoms with Gasteiger partial charge in [-0.05, 0) is 54.6 Å². The Morgan fingerprint density at radius 1 is 0.889 bits per heavy atom. The Balaban J connectivity index is 1.84. The fraction of sp³-hybridized carbons (Fsp3) is 0.148. The molecule has 9 heteroatoms. The van der Waals surface area contributed by atoms with Crippen molar-refractivity contribution in [2.45, 2.75) is 6.61 Å². The number of carbonyl (C=O) groups excluding carboxylic acids is 2. The minimum absolute atomic E-state index is 0.0382. The number of benzene rings is 3. The maximum atomic E-state index is 13.2. The van der Waals surface area contributed by atoms with Crippen molar-refractivity contribution < 1.29 is 32.9 Å². The standard InChI is InChI=1S/C27H23FN2O6/c1-33-22-14-9-17(15-18(22)16-36-21-12-10-19(28)11-13-21)24-23(26(31)34-2)25(27(32)35-3)30(29-24)20-7-5-4-6-8-20/h4-15H,16H2,1-3H3. The molecule has 184 valence electrons. The van der Waals surface area contributed by atoms with E-state index in [4.69, 9.17) is 18.9 Å². The van der Waals surface area contributed by atoms with E-state index in [0.717, 1.165) is 0 Å². The molecule has 1 heterocycles. The van der Waals surface area contributed by atoms with E-state index < -0.39 is 11.9 Å². The topological polar surface area (TPSA) is 88.9 Å². The summed E-state index contributed by atoms with van der Waals surface area (Å²) in [4.78, 5) is 25.7. The molecule has 0 aliphatic carbocycles. The molecule has 0 aliphatic heterocycles. The molecule has 1 aromatic heterocycles. The molecule has 0 bridgehead atoms. The van der Waals surface area contributed by atoms with Crippen LogP contribution in [0.5, 0.6) is 11.5 Å². The van der Waals surface area contributed by atoms with Crippen molar-refractivity contribution in [3.05, 3.63) is 95.4 Å². The highest BCUT2D eigenvalue weighted by Gasteiger charge is 2.31. The molecule has 0 atom stereocenters. The number of esters is 2. The van der Waals surface area contributed by atoms with E-state index in [1.807, 2.05) is 6.07 Å². The van der Waals surface area contributed by atoms with Crippen LogP contribution in [0.4, 0.5) is 4.39 Å². The first kappa shape index (κ1) is 24.5. The third-order valence-corrected chi connectivity index (χ3v) is 5.42. The third-order valence-electron chi connectivity index (χ3n) is 5.42. The van der Waals surface area contributed by atoms with E-state index in [0.29, 0.717) is 28.3 Å². The highest BCUT2D eigenvalue weighted by Crippen LogP contribution is 2.32. The average Bonchev–Trinajstić information content (AvgIpc) is 3.33. The number of hydrogen-bond donors (Lipinski definition) is 0. The zero-order valence-electron chi connectivity index (χ0n) is 19.9. The zero-order valence-corrected chi connectivity index (χ0v) is 19.9. The number of halogens is 1. The summed E-state index contributed by atoms with van der Waals surface area (Å²) < 4.78 is 35.8. The number of hydrogen-bond acceptors (Lipinski definition) is 7. The average molecular weight is 490 g/mol. The van der Waals surface area contributed by atoms with Gasteiger partial charge in [-0.25, -0.2) is 18.7 Å². The molecule has 4 aromatic rings. The van der Waals surface area contributed by atoms with Crippen molar-refractivity contribution in [2.75, 3.05) is 21.3 Å². The molecule has 0 N–H and O–H groups in total. The van der Waals surface area contributed by atoms with Crippen molar-refractivity contribution in [3.8, 4) is 28.4 Å². The number of methoxy groups -OCH3 is 3. The molecule has 0 unspecified atom stereocenters. The summed E-state index contributed by atoms with van der Waals surface area (Å²) in [5, 5.41) is 4.61. The third kappa shape index (κ3) is 4.90. The quantitative estimate of drug-likeness (QED) is 0.327. The van der Waals surface area contributed by atoms with Gasteiger partial charge in [-0.1, -0.05) is 18.2 Å². The second-order valence-corrected chi connectivity index (χ2v) is 7.57. The Bertz CT molecular complexity index is 1380. The Morgan fingerprint density at radius 2 is 1.58 bits per heavy atom. The number of ether oxygens (including phenoxy) is 4. The molecule has 0 saturated carbocycles. The Kier molecular flexibility index (Phi) is 7.29. The van der Waals surface area contributed by atoms with E-state index in [2.05, 4.69) is 5.10 Å². The zero-order chi connectivity index (χ0) is 25.7. The molecule has 0 radical (unpaired) electrons. The van der Waals surface area contributed by atoms with E-state index in [1.54, 1.807) is 42.5 Å². The molecule has 0 spiro atoms. The number of aromatic nitrogens is 2. The lowest BCUT2D eigenvalue weighted by Crippen LogP contribution is -2.15. The summed E-state index contributed by atoms with van der Waals surface area (Å²) in [6, 6.07) is 19.7. The Morgan fingerprint density at radius 3 is 2.22 bits per heavy atom. The van der Waals surface area contributed by atoms with Gasteiger partial charge in [-0.15, -0.1) is 0 Å². The fourth-order valence-corrected chi connectivity index (χ4v) is 3.69. The largest absolute Gasteiger partial charge is 0.496 e. The Hall–Kier alpha value is -4.66. The molecule has 0 fully saturated rings. The van der Waals surface area contributed by atoms with Gasteiger partial charge in [0.05, 0.1) is 27.0 Å². The lowest BCUT2D eigenvalue weighted by molar-refractivity contribution is 0.0549. The number of carbonyl (C=O) groups is 2. The summed E-state index contributed by atoms with van der Waals surface area (Å²) in [7, 11) is 3.97. The van der Waals surface area contributed by atoms with Crippen LogP contribution in [0.2, 0.25) is 0 Å². The summed E-state index contributed by atoms with van der Waals surface area (Å²) in [6.07, 6.45) is 0. The van der Waals surface area contributed by atoms with Crippen LogP contribution < -0.4 is 9.47 Å². The molecular weight excluding hydrogens is 467 g/mol. The molecular formula is C27H23FN2O6. The van der Waals surface area contributed by atoms with Crippen LogP contribution in [-0.4, -0.2) is 43.0 Å². The van der Waals surface area contributed by atoms with Crippen molar-refractivity contribution in [1.82, 2.24) is 9.78 Å². The van der Waals surface area contributed by atoms with Gasteiger partial charge in [-0.2, -0.15) is 5.10 Å². The monoisotopic (exact) mass is 490 g/mol. The SMILES string of the molecule is COC(=O)c1c(-c2ccc(OC)c(COc3ccc(F)cc3)c2)nn(-c2ccccc2)c1C(=O)OC. The molecule has 3 aromatic carbocycles. The van der Waals surface area contributed by atoms with Crippen LogP contribution in [0, 0.1) is 5.82 Å². The van der Waals surface area contributed by atoms with Crippen LogP contribution in [-0.2, 0) is 16.1 Å². The lowest BCUT2D eigenvalue weighted by atomic mass is 10.0. The van der Waals surface area contributed by atoms with E-state index >= 15 is 0 Å². The summed E-state index contributed by atoms with van der Waals surface area (Å²) >= 11 is 0. The first-order valence-electron chi connectivity index (χ1n) is 10.9. The number of nitrogens with zero attached hydrogens (tertiary/aromatic N) is 2. The van der Waals surface area contributed by atoms with E-state index in [9.17, 15) is 14.0 Å². The molecule has 0 amide bonds. The minimum Gasteiger partial charge on any atom is -0.496 e. The van der Waals surface area contributed by atoms with Gasteiger partial charge >= 0.3 is 11.9 Å². The minimum atomic E-state index is -0.744. The predicted octanol–water partition coefficient (Wildman–Crippen LogP) is 4.84. The Labute approximate surface area is 206 Å². The van der Waals surface area contributed by atoms with E-state index in [-0.39, 0.29) is 29.4 Å². The maximum absolute atomic E-state index is 13.2. The smallest absolute Gasteiger partial charge is 0.357 e.